The molecule has 2 N–H and O–H groups in total. The number of nitrogens with one attached hydrogen (secondary N) is 2. The molecule has 1 rings (SSSR count). The van der Waals surface area contributed by atoms with Gasteiger partial charge in [-0.3, -0.25) is 4.99 Å². The third-order valence-electron chi connectivity index (χ3n) is 4.21. The SMILES string of the molecule is CCNC(=NCCC(OCC)C(C)C)NCCc1ccc(S(C)(=O)=O)cc1.I. The Morgan fingerprint density at radius 3 is 2.29 bits per heavy atom. The molecule has 0 heterocycles. The summed E-state index contributed by atoms with van der Waals surface area (Å²) in [5, 5.41) is 6.58. The highest BCUT2D eigenvalue weighted by Gasteiger charge is 2.12. The second kappa shape index (κ2) is 14.2. The summed E-state index contributed by atoms with van der Waals surface area (Å²) >= 11 is 0. The summed E-state index contributed by atoms with van der Waals surface area (Å²) in [5.74, 6) is 1.27. The minimum atomic E-state index is -3.14. The third-order valence-corrected chi connectivity index (χ3v) is 5.34. The maximum Gasteiger partial charge on any atom is 0.191 e. The van der Waals surface area contributed by atoms with Crippen LogP contribution in [0.4, 0.5) is 0 Å². The number of benzene rings is 1. The monoisotopic (exact) mass is 525 g/mol. The first-order valence-corrected chi connectivity index (χ1v) is 11.6. The highest BCUT2D eigenvalue weighted by atomic mass is 127. The Morgan fingerprint density at radius 2 is 1.79 bits per heavy atom. The molecule has 0 saturated carbocycles. The fourth-order valence-corrected chi connectivity index (χ4v) is 3.33. The molecule has 8 heteroatoms. The van der Waals surface area contributed by atoms with Crippen LogP contribution in [0.5, 0.6) is 0 Å². The third kappa shape index (κ3) is 10.6. The Hall–Kier alpha value is -0.870. The van der Waals surface area contributed by atoms with Crippen molar-refractivity contribution >= 4 is 39.8 Å². The molecule has 28 heavy (non-hydrogen) atoms. The average molecular weight is 525 g/mol. The smallest absolute Gasteiger partial charge is 0.191 e. The number of ether oxygens (including phenoxy) is 1. The summed E-state index contributed by atoms with van der Waals surface area (Å²) in [7, 11) is -3.14. The maximum atomic E-state index is 11.5. The quantitative estimate of drug-likeness (QED) is 0.264. The first kappa shape index (κ1) is 27.1. The standard InChI is InChI=1S/C20H35N3O3S.HI/c1-6-21-20(23-15-13-19(16(3)4)26-7-2)22-14-12-17-8-10-18(11-9-17)27(5,24)25;/h8-11,16,19H,6-7,12-15H2,1-5H3,(H2,21,22,23);1H. The van der Waals surface area contributed by atoms with E-state index in [1.54, 1.807) is 12.1 Å². The van der Waals surface area contributed by atoms with Crippen molar-refractivity contribution in [2.45, 2.75) is 51.5 Å². The number of guanidine groups is 1. The van der Waals surface area contributed by atoms with Gasteiger partial charge in [0, 0.05) is 32.5 Å². The van der Waals surface area contributed by atoms with Gasteiger partial charge in [0.05, 0.1) is 11.0 Å². The Morgan fingerprint density at radius 1 is 1.14 bits per heavy atom. The molecule has 162 valence electrons. The Kier molecular flexibility index (Phi) is 13.7. The summed E-state index contributed by atoms with van der Waals surface area (Å²) in [4.78, 5) is 4.98. The summed E-state index contributed by atoms with van der Waals surface area (Å²) in [6.07, 6.45) is 3.14. The Bertz CT molecular complexity index is 676. The molecule has 0 fully saturated rings. The first-order valence-electron chi connectivity index (χ1n) is 9.70. The minimum Gasteiger partial charge on any atom is -0.378 e. The van der Waals surface area contributed by atoms with Gasteiger partial charge in [0.1, 0.15) is 0 Å². The van der Waals surface area contributed by atoms with Crippen molar-refractivity contribution in [1.82, 2.24) is 10.6 Å². The van der Waals surface area contributed by atoms with Crippen LogP contribution < -0.4 is 10.6 Å². The highest BCUT2D eigenvalue weighted by molar-refractivity contribution is 14.0. The molecule has 0 bridgehead atoms. The second-order valence-electron chi connectivity index (χ2n) is 6.88. The topological polar surface area (TPSA) is 79.8 Å². The summed E-state index contributed by atoms with van der Waals surface area (Å²) in [5.41, 5.74) is 1.09. The van der Waals surface area contributed by atoms with Crippen LogP contribution in [-0.4, -0.2) is 53.0 Å². The molecule has 1 aromatic rings. The summed E-state index contributed by atoms with van der Waals surface area (Å²) in [6, 6.07) is 7.03. The van der Waals surface area contributed by atoms with Crippen molar-refractivity contribution < 1.29 is 13.2 Å². The van der Waals surface area contributed by atoms with Crippen LogP contribution in [0.25, 0.3) is 0 Å². The zero-order valence-corrected chi connectivity index (χ0v) is 20.8. The lowest BCUT2D eigenvalue weighted by Gasteiger charge is -2.20. The molecule has 0 aromatic heterocycles. The lowest BCUT2D eigenvalue weighted by atomic mass is 10.0. The number of hydrogen-bond donors (Lipinski definition) is 2. The van der Waals surface area contributed by atoms with Crippen molar-refractivity contribution in [3.05, 3.63) is 29.8 Å². The lowest BCUT2D eigenvalue weighted by Crippen LogP contribution is -2.38. The molecule has 0 spiro atoms. The predicted molar refractivity (Wildman–Crippen MR) is 128 cm³/mol. The zero-order chi connectivity index (χ0) is 20.3. The fourth-order valence-electron chi connectivity index (χ4n) is 2.70. The number of aliphatic imine (C=N–C) groups is 1. The molecular formula is C20H36IN3O3S. The van der Waals surface area contributed by atoms with Gasteiger partial charge >= 0.3 is 0 Å². The Balaban J connectivity index is 0.00000729. The van der Waals surface area contributed by atoms with Crippen LogP contribution in [0.15, 0.2) is 34.2 Å². The Labute approximate surface area is 187 Å². The van der Waals surface area contributed by atoms with E-state index in [9.17, 15) is 8.42 Å². The minimum absolute atomic E-state index is 0. The van der Waals surface area contributed by atoms with Gasteiger partial charge in [-0.15, -0.1) is 24.0 Å². The largest absolute Gasteiger partial charge is 0.378 e. The number of nitrogens with zero attached hydrogens (tertiary/aromatic N) is 1. The van der Waals surface area contributed by atoms with Crippen molar-refractivity contribution in [2.75, 3.05) is 32.5 Å². The van der Waals surface area contributed by atoms with Gasteiger partial charge in [-0.1, -0.05) is 26.0 Å². The van der Waals surface area contributed by atoms with Gasteiger partial charge in [0.25, 0.3) is 0 Å². The molecule has 0 saturated heterocycles. The first-order chi connectivity index (χ1) is 12.8. The van der Waals surface area contributed by atoms with E-state index in [0.29, 0.717) is 17.4 Å². The number of halogens is 1. The van der Waals surface area contributed by atoms with Crippen LogP contribution >= 0.6 is 24.0 Å². The summed E-state index contributed by atoms with van der Waals surface area (Å²) < 4.78 is 28.8. The fraction of sp³-hybridized carbons (Fsp3) is 0.650. The molecule has 1 unspecified atom stereocenters. The normalized spacial score (nSPS) is 13.1. The van der Waals surface area contributed by atoms with Crippen LogP contribution in [0, 0.1) is 5.92 Å². The van der Waals surface area contributed by atoms with E-state index in [1.807, 2.05) is 26.0 Å². The predicted octanol–water partition coefficient (Wildman–Crippen LogP) is 3.26. The van der Waals surface area contributed by atoms with Gasteiger partial charge in [-0.05, 0) is 50.3 Å². The number of rotatable bonds is 11. The van der Waals surface area contributed by atoms with E-state index in [-0.39, 0.29) is 30.1 Å². The number of hydrogen-bond acceptors (Lipinski definition) is 4. The van der Waals surface area contributed by atoms with Crippen LogP contribution in [0.2, 0.25) is 0 Å². The van der Waals surface area contributed by atoms with Crippen molar-refractivity contribution in [2.24, 2.45) is 10.9 Å². The van der Waals surface area contributed by atoms with Crippen LogP contribution in [-0.2, 0) is 21.0 Å². The van der Waals surface area contributed by atoms with Gasteiger partial charge in [-0.2, -0.15) is 0 Å². The highest BCUT2D eigenvalue weighted by Crippen LogP contribution is 2.11. The van der Waals surface area contributed by atoms with E-state index in [1.165, 1.54) is 6.26 Å². The van der Waals surface area contributed by atoms with Gasteiger partial charge < -0.3 is 15.4 Å². The second-order valence-corrected chi connectivity index (χ2v) is 8.90. The van der Waals surface area contributed by atoms with E-state index in [2.05, 4.69) is 29.5 Å². The molecular weight excluding hydrogens is 489 g/mol. The molecule has 0 aliphatic carbocycles. The maximum absolute atomic E-state index is 11.5. The number of sulfone groups is 1. The molecule has 1 atom stereocenters. The summed E-state index contributed by atoms with van der Waals surface area (Å²) in [6.45, 7) is 11.4. The molecule has 0 radical (unpaired) electrons. The zero-order valence-electron chi connectivity index (χ0n) is 17.7. The van der Waals surface area contributed by atoms with Gasteiger partial charge in [-0.25, -0.2) is 8.42 Å². The van der Waals surface area contributed by atoms with E-state index in [4.69, 9.17) is 4.74 Å². The molecule has 0 aliphatic rings. The van der Waals surface area contributed by atoms with Crippen LogP contribution in [0.3, 0.4) is 0 Å². The van der Waals surface area contributed by atoms with E-state index < -0.39 is 9.84 Å². The average Bonchev–Trinajstić information content (AvgIpc) is 2.60. The lowest BCUT2D eigenvalue weighted by molar-refractivity contribution is 0.0266. The van der Waals surface area contributed by atoms with Crippen molar-refractivity contribution in [3.8, 4) is 0 Å². The van der Waals surface area contributed by atoms with Gasteiger partial charge in [0.15, 0.2) is 15.8 Å². The van der Waals surface area contributed by atoms with Crippen molar-refractivity contribution in [1.29, 1.82) is 0 Å². The van der Waals surface area contributed by atoms with Crippen molar-refractivity contribution in [3.63, 3.8) is 0 Å². The van der Waals surface area contributed by atoms with E-state index in [0.717, 1.165) is 44.1 Å². The molecule has 6 nitrogen and oxygen atoms in total. The molecule has 0 aliphatic heterocycles. The molecule has 1 aromatic carbocycles. The molecule has 0 amide bonds. The van der Waals surface area contributed by atoms with E-state index >= 15 is 0 Å². The van der Waals surface area contributed by atoms with Crippen LogP contribution in [0.1, 0.15) is 39.7 Å². The van der Waals surface area contributed by atoms with Gasteiger partial charge in [0.2, 0.25) is 0 Å².